The Morgan fingerprint density at radius 2 is 1.59 bits per heavy atom. The molecule has 172 valence electrons. The zero-order valence-electron chi connectivity index (χ0n) is 19.1. The van der Waals surface area contributed by atoms with Crippen LogP contribution in [0.2, 0.25) is 0 Å². The van der Waals surface area contributed by atoms with Crippen molar-refractivity contribution in [2.75, 3.05) is 21.3 Å². The molecule has 2 aromatic carbocycles. The van der Waals surface area contributed by atoms with Gasteiger partial charge in [0.05, 0.1) is 21.3 Å². The van der Waals surface area contributed by atoms with E-state index in [1.165, 1.54) is 14.2 Å². The summed E-state index contributed by atoms with van der Waals surface area (Å²) in [6.07, 6.45) is 1.09. The molecule has 0 bridgehead atoms. The normalized spacial score (nSPS) is 11.4. The molecule has 2 aromatic rings. The highest BCUT2D eigenvalue weighted by atomic mass is 16.6. The van der Waals surface area contributed by atoms with Gasteiger partial charge in [-0.25, -0.2) is 9.59 Å². The SMILES string of the molecule is COC=C(Oc1cccc(COc2ccc(OC)cc2)c1C(=O)OC(C)(C)C)C(=O)OC. The van der Waals surface area contributed by atoms with Gasteiger partial charge in [-0.15, -0.1) is 0 Å². The number of benzene rings is 2. The molecule has 2 rings (SSSR count). The van der Waals surface area contributed by atoms with Crippen molar-refractivity contribution in [2.45, 2.75) is 33.0 Å². The van der Waals surface area contributed by atoms with Crippen LogP contribution in [0, 0.1) is 0 Å². The minimum absolute atomic E-state index is 0.0552. The maximum Gasteiger partial charge on any atom is 0.377 e. The van der Waals surface area contributed by atoms with Crippen LogP contribution in [0.25, 0.3) is 0 Å². The van der Waals surface area contributed by atoms with Gasteiger partial charge in [-0.1, -0.05) is 12.1 Å². The van der Waals surface area contributed by atoms with E-state index in [4.69, 9.17) is 28.4 Å². The van der Waals surface area contributed by atoms with Gasteiger partial charge in [-0.3, -0.25) is 0 Å². The number of rotatable bonds is 9. The Hall–Kier alpha value is -3.68. The second kappa shape index (κ2) is 11.1. The third-order valence-electron chi connectivity index (χ3n) is 4.00. The molecule has 0 unspecified atom stereocenters. The van der Waals surface area contributed by atoms with Crippen LogP contribution in [0.4, 0.5) is 0 Å². The fourth-order valence-corrected chi connectivity index (χ4v) is 2.62. The molecule has 8 nitrogen and oxygen atoms in total. The lowest BCUT2D eigenvalue weighted by Gasteiger charge is -2.22. The smallest absolute Gasteiger partial charge is 0.377 e. The molecular weight excluding hydrogens is 416 g/mol. The maximum absolute atomic E-state index is 13.0. The molecule has 0 aliphatic heterocycles. The lowest BCUT2D eigenvalue weighted by Crippen LogP contribution is -2.25. The Kier molecular flexibility index (Phi) is 8.52. The highest BCUT2D eigenvalue weighted by Crippen LogP contribution is 2.29. The predicted molar refractivity (Wildman–Crippen MR) is 117 cm³/mol. The van der Waals surface area contributed by atoms with Gasteiger partial charge in [0.2, 0.25) is 5.76 Å². The fourth-order valence-electron chi connectivity index (χ4n) is 2.62. The van der Waals surface area contributed by atoms with Gasteiger partial charge in [0.25, 0.3) is 0 Å². The first-order chi connectivity index (χ1) is 15.2. The van der Waals surface area contributed by atoms with Crippen LogP contribution >= 0.6 is 0 Å². The van der Waals surface area contributed by atoms with Crippen molar-refractivity contribution >= 4 is 11.9 Å². The molecule has 0 amide bonds. The molecule has 0 spiro atoms. The first kappa shape index (κ1) is 24.6. The lowest BCUT2D eigenvalue weighted by atomic mass is 10.1. The Morgan fingerprint density at radius 1 is 0.938 bits per heavy atom. The summed E-state index contributed by atoms with van der Waals surface area (Å²) in [5, 5.41) is 0. The number of carbonyl (C=O) groups excluding carboxylic acids is 2. The van der Waals surface area contributed by atoms with Crippen LogP contribution in [0.5, 0.6) is 17.2 Å². The monoisotopic (exact) mass is 444 g/mol. The second-order valence-corrected chi connectivity index (χ2v) is 7.57. The number of carbonyl (C=O) groups is 2. The minimum atomic E-state index is -0.762. The Labute approximate surface area is 187 Å². The van der Waals surface area contributed by atoms with Crippen LogP contribution in [0.1, 0.15) is 36.7 Å². The van der Waals surface area contributed by atoms with E-state index in [2.05, 4.69) is 0 Å². The number of hydrogen-bond acceptors (Lipinski definition) is 8. The quantitative estimate of drug-likeness (QED) is 0.322. The molecule has 0 atom stereocenters. The molecular formula is C24H28O8. The van der Waals surface area contributed by atoms with Crippen LogP contribution in [-0.2, 0) is 25.6 Å². The van der Waals surface area contributed by atoms with E-state index in [9.17, 15) is 9.59 Å². The summed E-state index contributed by atoms with van der Waals surface area (Å²) in [5.74, 6) is -0.231. The predicted octanol–water partition coefficient (Wildman–Crippen LogP) is 4.27. The Bertz CT molecular complexity index is 955. The average molecular weight is 444 g/mol. The lowest BCUT2D eigenvalue weighted by molar-refractivity contribution is -0.138. The third kappa shape index (κ3) is 6.94. The summed E-state index contributed by atoms with van der Waals surface area (Å²) in [4.78, 5) is 25.1. The molecule has 0 radical (unpaired) electrons. The summed E-state index contributed by atoms with van der Waals surface area (Å²) in [6, 6.07) is 12.0. The summed E-state index contributed by atoms with van der Waals surface area (Å²) < 4.78 is 31.8. The topological polar surface area (TPSA) is 89.5 Å². The van der Waals surface area contributed by atoms with E-state index in [0.29, 0.717) is 17.1 Å². The largest absolute Gasteiger partial charge is 0.500 e. The first-order valence-electron chi connectivity index (χ1n) is 9.79. The second-order valence-electron chi connectivity index (χ2n) is 7.57. The van der Waals surface area contributed by atoms with E-state index in [1.807, 2.05) is 0 Å². The van der Waals surface area contributed by atoms with E-state index in [1.54, 1.807) is 70.3 Å². The summed E-state index contributed by atoms with van der Waals surface area (Å²) in [5.41, 5.74) is -0.109. The number of hydrogen-bond donors (Lipinski definition) is 0. The van der Waals surface area contributed by atoms with Gasteiger partial charge in [-0.05, 0) is 51.1 Å². The van der Waals surface area contributed by atoms with Crippen molar-refractivity contribution in [3.8, 4) is 17.2 Å². The van der Waals surface area contributed by atoms with Crippen LogP contribution in [0.3, 0.4) is 0 Å². The van der Waals surface area contributed by atoms with Gasteiger partial charge in [0.15, 0.2) is 0 Å². The zero-order valence-corrected chi connectivity index (χ0v) is 19.1. The summed E-state index contributed by atoms with van der Waals surface area (Å²) >= 11 is 0. The minimum Gasteiger partial charge on any atom is -0.500 e. The van der Waals surface area contributed by atoms with Crippen molar-refractivity contribution < 1.29 is 38.0 Å². The highest BCUT2D eigenvalue weighted by Gasteiger charge is 2.26. The maximum atomic E-state index is 13.0. The van der Waals surface area contributed by atoms with Crippen LogP contribution in [-0.4, -0.2) is 38.9 Å². The standard InChI is InChI=1S/C24H28O8/c1-24(2,3)32-23(26)21-16(14-30-18-12-10-17(28-5)11-13-18)8-7-9-19(21)31-20(15-27-4)22(25)29-6/h7-13,15H,14H2,1-6H3. The number of ether oxygens (including phenoxy) is 6. The van der Waals surface area contributed by atoms with Crippen molar-refractivity contribution in [3.63, 3.8) is 0 Å². The van der Waals surface area contributed by atoms with Crippen molar-refractivity contribution in [1.82, 2.24) is 0 Å². The average Bonchev–Trinajstić information content (AvgIpc) is 2.76. The molecule has 0 aliphatic rings. The van der Waals surface area contributed by atoms with E-state index in [0.717, 1.165) is 6.26 Å². The summed E-state index contributed by atoms with van der Waals surface area (Å²) in [6.45, 7) is 5.32. The number of methoxy groups -OCH3 is 3. The van der Waals surface area contributed by atoms with Gasteiger partial charge in [0, 0.05) is 5.56 Å². The molecule has 0 aromatic heterocycles. The molecule has 8 heteroatoms. The fraction of sp³-hybridized carbons (Fsp3) is 0.333. The molecule has 0 N–H and O–H groups in total. The molecule has 0 heterocycles. The van der Waals surface area contributed by atoms with Gasteiger partial charge in [-0.2, -0.15) is 0 Å². The molecule has 0 aliphatic carbocycles. The molecule has 0 fully saturated rings. The van der Waals surface area contributed by atoms with E-state index < -0.39 is 17.5 Å². The number of esters is 2. The summed E-state index contributed by atoms with van der Waals surface area (Å²) in [7, 11) is 4.15. The van der Waals surface area contributed by atoms with Crippen molar-refractivity contribution in [3.05, 3.63) is 65.6 Å². The van der Waals surface area contributed by atoms with Crippen LogP contribution in [0.15, 0.2) is 54.5 Å². The van der Waals surface area contributed by atoms with E-state index >= 15 is 0 Å². The van der Waals surface area contributed by atoms with Gasteiger partial charge >= 0.3 is 11.9 Å². The Balaban J connectivity index is 2.41. The van der Waals surface area contributed by atoms with Gasteiger partial charge < -0.3 is 28.4 Å². The molecule has 0 saturated carbocycles. The highest BCUT2D eigenvalue weighted by molar-refractivity contribution is 5.95. The van der Waals surface area contributed by atoms with Crippen molar-refractivity contribution in [1.29, 1.82) is 0 Å². The molecule has 32 heavy (non-hydrogen) atoms. The molecule has 0 saturated heterocycles. The van der Waals surface area contributed by atoms with Gasteiger partial charge in [0.1, 0.15) is 41.3 Å². The third-order valence-corrected chi connectivity index (χ3v) is 4.00. The van der Waals surface area contributed by atoms with Crippen molar-refractivity contribution in [2.24, 2.45) is 0 Å². The first-order valence-corrected chi connectivity index (χ1v) is 9.79. The van der Waals surface area contributed by atoms with E-state index in [-0.39, 0.29) is 23.7 Å². The Morgan fingerprint density at radius 3 is 2.16 bits per heavy atom. The zero-order chi connectivity index (χ0) is 23.7. The van der Waals surface area contributed by atoms with Crippen LogP contribution < -0.4 is 14.2 Å².